The number of unbranched alkanes of at least 4 members (excludes halogenated alkanes) is 5. The van der Waals surface area contributed by atoms with E-state index in [0.29, 0.717) is 11.7 Å². The predicted octanol–water partition coefficient (Wildman–Crippen LogP) is 3.32. The van der Waals surface area contributed by atoms with Crippen LogP contribution in [-0.4, -0.2) is 17.0 Å². The molecule has 0 spiro atoms. The first-order valence-corrected chi connectivity index (χ1v) is 7.47. The van der Waals surface area contributed by atoms with E-state index in [1.54, 1.807) is 0 Å². The van der Waals surface area contributed by atoms with Crippen LogP contribution in [0.2, 0.25) is 0 Å². The fourth-order valence-electron chi connectivity index (χ4n) is 3.75. The summed E-state index contributed by atoms with van der Waals surface area (Å²) in [5.74, 6) is 0.886. The minimum Gasteiger partial charge on any atom is -0.392 e. The van der Waals surface area contributed by atoms with Gasteiger partial charge in [0.25, 0.3) is 0 Å². The van der Waals surface area contributed by atoms with Crippen molar-refractivity contribution in [3.05, 3.63) is 0 Å². The van der Waals surface area contributed by atoms with Crippen LogP contribution in [0.4, 0.5) is 0 Å². The third-order valence-corrected chi connectivity index (χ3v) is 4.78. The Morgan fingerprint density at radius 2 is 1.71 bits per heavy atom. The molecule has 0 amide bonds. The third kappa shape index (κ3) is 2.73. The molecule has 17 heavy (non-hydrogen) atoms. The highest BCUT2D eigenvalue weighted by atomic mass is 16.3. The number of hydrogen-bond donors (Lipinski definition) is 1. The van der Waals surface area contributed by atoms with E-state index < -0.39 is 0 Å². The first-order chi connectivity index (χ1) is 8.25. The Balaban J connectivity index is 1.65. The van der Waals surface area contributed by atoms with Crippen molar-refractivity contribution in [3.63, 3.8) is 0 Å². The van der Waals surface area contributed by atoms with Crippen LogP contribution in [0.3, 0.4) is 0 Å². The van der Waals surface area contributed by atoms with Crippen molar-refractivity contribution < 1.29 is 9.90 Å². The molecule has 2 heteroatoms. The molecule has 2 rings (SSSR count). The first-order valence-electron chi connectivity index (χ1n) is 7.47. The van der Waals surface area contributed by atoms with Gasteiger partial charge in [-0.25, -0.2) is 0 Å². The predicted molar refractivity (Wildman–Crippen MR) is 68.7 cm³/mol. The van der Waals surface area contributed by atoms with Gasteiger partial charge in [-0.15, -0.1) is 0 Å². The van der Waals surface area contributed by atoms with E-state index in [9.17, 15) is 9.90 Å². The van der Waals surface area contributed by atoms with Crippen LogP contribution >= 0.6 is 0 Å². The highest BCUT2D eigenvalue weighted by Crippen LogP contribution is 2.47. The van der Waals surface area contributed by atoms with E-state index >= 15 is 0 Å². The third-order valence-electron chi connectivity index (χ3n) is 4.78. The minimum absolute atomic E-state index is 0.00471. The molecule has 4 atom stereocenters. The van der Waals surface area contributed by atoms with Gasteiger partial charge in [-0.05, 0) is 25.2 Å². The van der Waals surface area contributed by atoms with Crippen LogP contribution in [0.25, 0.3) is 0 Å². The molecule has 1 N–H and O–H groups in total. The Morgan fingerprint density at radius 1 is 1.06 bits per heavy atom. The molecule has 2 bridgehead atoms. The minimum atomic E-state index is -0.308. The maximum Gasteiger partial charge on any atom is 0.142 e. The van der Waals surface area contributed by atoms with Gasteiger partial charge in [0.1, 0.15) is 5.78 Å². The maximum absolute atomic E-state index is 11.8. The molecule has 0 heterocycles. The summed E-state index contributed by atoms with van der Waals surface area (Å²) < 4.78 is 0. The van der Waals surface area contributed by atoms with Crippen molar-refractivity contribution in [1.29, 1.82) is 0 Å². The lowest BCUT2D eigenvalue weighted by molar-refractivity contribution is -0.122. The second-order valence-corrected chi connectivity index (χ2v) is 5.90. The summed E-state index contributed by atoms with van der Waals surface area (Å²) in [4.78, 5) is 11.8. The zero-order valence-corrected chi connectivity index (χ0v) is 11.0. The number of ketones is 1. The Hall–Kier alpha value is -0.370. The Kier molecular flexibility index (Phi) is 4.61. The lowest BCUT2D eigenvalue weighted by atomic mass is 9.83. The smallest absolute Gasteiger partial charge is 0.142 e. The normalized spacial score (nSPS) is 35.8. The van der Waals surface area contributed by atoms with E-state index in [-0.39, 0.29) is 17.9 Å². The lowest BCUT2D eigenvalue weighted by Gasteiger charge is -2.25. The first kappa shape index (κ1) is 13.1. The van der Waals surface area contributed by atoms with Crippen molar-refractivity contribution in [1.82, 2.24) is 0 Å². The second-order valence-electron chi connectivity index (χ2n) is 5.90. The van der Waals surface area contributed by atoms with Crippen LogP contribution in [0.1, 0.15) is 64.7 Å². The Morgan fingerprint density at radius 3 is 2.35 bits per heavy atom. The molecule has 0 aliphatic heterocycles. The fraction of sp³-hybridized carbons (Fsp3) is 0.933. The van der Waals surface area contributed by atoms with Gasteiger partial charge in [0, 0.05) is 11.8 Å². The van der Waals surface area contributed by atoms with Crippen molar-refractivity contribution >= 4 is 5.78 Å². The van der Waals surface area contributed by atoms with Crippen molar-refractivity contribution in [2.24, 2.45) is 17.8 Å². The average molecular weight is 238 g/mol. The van der Waals surface area contributed by atoms with Crippen LogP contribution < -0.4 is 0 Å². The standard InChI is InChI=1S/C15H26O2/c1-2-3-4-5-6-7-8-11-12-9-10-13(14(11)16)15(12)17/h11-14,16H,2-10H2,1H3. The van der Waals surface area contributed by atoms with Gasteiger partial charge in [0.05, 0.1) is 6.10 Å². The van der Waals surface area contributed by atoms with Crippen molar-refractivity contribution in [3.8, 4) is 0 Å². The summed E-state index contributed by atoms with van der Waals surface area (Å²) in [7, 11) is 0. The highest BCUT2D eigenvalue weighted by Gasteiger charge is 2.52. The zero-order valence-electron chi connectivity index (χ0n) is 11.0. The van der Waals surface area contributed by atoms with Crippen molar-refractivity contribution in [2.75, 3.05) is 0 Å². The molecule has 4 unspecified atom stereocenters. The van der Waals surface area contributed by atoms with Crippen LogP contribution in [0, 0.1) is 17.8 Å². The van der Waals surface area contributed by atoms with Gasteiger partial charge < -0.3 is 5.11 Å². The summed E-state index contributed by atoms with van der Waals surface area (Å²) >= 11 is 0. The molecule has 0 radical (unpaired) electrons. The van der Waals surface area contributed by atoms with Crippen molar-refractivity contribution in [2.45, 2.75) is 70.8 Å². The molecule has 2 nitrogen and oxygen atoms in total. The van der Waals surface area contributed by atoms with Gasteiger partial charge in [0.15, 0.2) is 0 Å². The summed E-state index contributed by atoms with van der Waals surface area (Å²) in [6, 6.07) is 0. The Labute approximate surface area is 105 Å². The van der Waals surface area contributed by atoms with E-state index in [0.717, 1.165) is 19.3 Å². The highest BCUT2D eigenvalue weighted by molar-refractivity contribution is 5.88. The van der Waals surface area contributed by atoms with E-state index in [2.05, 4.69) is 6.92 Å². The molecule has 0 aromatic heterocycles. The van der Waals surface area contributed by atoms with E-state index in [4.69, 9.17) is 0 Å². The molecule has 2 aliphatic carbocycles. The number of fused-ring (bicyclic) bond motifs is 2. The summed E-state index contributed by atoms with van der Waals surface area (Å²) in [5.41, 5.74) is 0. The Bertz CT molecular complexity index is 262. The van der Waals surface area contributed by atoms with Gasteiger partial charge in [0.2, 0.25) is 0 Å². The summed E-state index contributed by atoms with van der Waals surface area (Å²) in [6.45, 7) is 2.23. The largest absolute Gasteiger partial charge is 0.392 e. The van der Waals surface area contributed by atoms with Gasteiger partial charge in [-0.1, -0.05) is 45.4 Å². The number of carbonyl (C=O) groups excluding carboxylic acids is 1. The van der Waals surface area contributed by atoms with Gasteiger partial charge in [-0.2, -0.15) is 0 Å². The summed E-state index contributed by atoms with van der Waals surface area (Å²) in [5, 5.41) is 10.1. The van der Waals surface area contributed by atoms with Gasteiger partial charge in [-0.3, -0.25) is 4.79 Å². The summed E-state index contributed by atoms with van der Waals surface area (Å²) in [6.07, 6.45) is 10.5. The van der Waals surface area contributed by atoms with Crippen LogP contribution in [-0.2, 0) is 4.79 Å². The van der Waals surface area contributed by atoms with E-state index in [1.807, 2.05) is 0 Å². The molecular weight excluding hydrogens is 212 g/mol. The number of carbonyl (C=O) groups is 1. The molecule has 0 aromatic rings. The number of aliphatic hydroxyl groups is 1. The van der Waals surface area contributed by atoms with Crippen LogP contribution in [0.5, 0.6) is 0 Å². The SMILES string of the molecule is CCCCCCCCC1C2CCC(C2=O)C1O. The number of rotatable bonds is 7. The lowest BCUT2D eigenvalue weighted by Crippen LogP contribution is -2.27. The molecule has 2 aliphatic rings. The quantitative estimate of drug-likeness (QED) is 0.691. The molecular formula is C15H26O2. The zero-order chi connectivity index (χ0) is 12.3. The second kappa shape index (κ2) is 5.99. The molecule has 0 saturated heterocycles. The van der Waals surface area contributed by atoms with Crippen LogP contribution in [0.15, 0.2) is 0 Å². The van der Waals surface area contributed by atoms with Gasteiger partial charge >= 0.3 is 0 Å². The molecule has 2 saturated carbocycles. The molecule has 98 valence electrons. The number of aliphatic hydroxyl groups excluding tert-OH is 1. The topological polar surface area (TPSA) is 37.3 Å². The average Bonchev–Trinajstić information content (AvgIpc) is 2.79. The fourth-order valence-corrected chi connectivity index (χ4v) is 3.75. The number of hydrogen-bond acceptors (Lipinski definition) is 2. The maximum atomic E-state index is 11.8. The molecule has 2 fully saturated rings. The number of Topliss-reactive ketones (excluding diaryl/α,β-unsaturated/α-hetero) is 1. The monoisotopic (exact) mass is 238 g/mol. The molecule has 0 aromatic carbocycles. The van der Waals surface area contributed by atoms with E-state index in [1.165, 1.54) is 38.5 Å².